The number of nitrogens with zero attached hydrogens (tertiary/aromatic N) is 2. The molecular formula is C44H36N2. The Bertz CT molecular complexity index is 2040. The van der Waals surface area contributed by atoms with Crippen LogP contribution in [0.15, 0.2) is 199 Å². The fraction of sp³-hybridized carbons (Fsp3) is 0.0909. The quantitative estimate of drug-likeness (QED) is 0.185. The van der Waals surface area contributed by atoms with Crippen LogP contribution in [-0.2, 0) is 0 Å². The van der Waals surface area contributed by atoms with Gasteiger partial charge < -0.3 is 9.80 Å². The Morgan fingerprint density at radius 2 is 1.24 bits per heavy atom. The van der Waals surface area contributed by atoms with Gasteiger partial charge in [-0.2, -0.15) is 0 Å². The molecule has 0 fully saturated rings. The number of benzene rings is 5. The van der Waals surface area contributed by atoms with Crippen LogP contribution in [0.25, 0.3) is 10.8 Å². The minimum atomic E-state index is 0.325. The molecule has 5 aromatic rings. The molecule has 2 unspecified atom stereocenters. The van der Waals surface area contributed by atoms with Gasteiger partial charge in [0.25, 0.3) is 0 Å². The highest BCUT2D eigenvalue weighted by atomic mass is 15.2. The van der Waals surface area contributed by atoms with E-state index in [1.54, 1.807) is 0 Å². The Morgan fingerprint density at radius 1 is 0.543 bits per heavy atom. The maximum absolute atomic E-state index is 2.46. The first kappa shape index (κ1) is 27.9. The molecule has 222 valence electrons. The molecule has 0 bridgehead atoms. The second-order valence-corrected chi connectivity index (χ2v) is 12.1. The van der Waals surface area contributed by atoms with Crippen LogP contribution in [0.5, 0.6) is 0 Å². The van der Waals surface area contributed by atoms with Crippen LogP contribution >= 0.6 is 0 Å². The molecule has 0 aromatic heterocycles. The van der Waals surface area contributed by atoms with Crippen molar-refractivity contribution >= 4 is 33.5 Å². The first-order chi connectivity index (χ1) is 22.8. The Balaban J connectivity index is 1.09. The second kappa shape index (κ2) is 12.4. The average molecular weight is 593 g/mol. The van der Waals surface area contributed by atoms with E-state index in [-0.39, 0.29) is 0 Å². The van der Waals surface area contributed by atoms with E-state index in [4.69, 9.17) is 0 Å². The van der Waals surface area contributed by atoms with Gasteiger partial charge >= 0.3 is 0 Å². The summed E-state index contributed by atoms with van der Waals surface area (Å²) in [6, 6.07) is 45.8. The topological polar surface area (TPSA) is 6.48 Å². The molecule has 3 aliphatic rings. The summed E-state index contributed by atoms with van der Waals surface area (Å²) in [5.74, 6) is 0.690. The lowest BCUT2D eigenvalue weighted by Crippen LogP contribution is -2.29. The SMILES string of the molecule is C1=CCC2C(=C1)C=CC=C2N(C1=CCC(c2ccc(N(c3ccccc3)c3cccc4ccccc34)cc2)C=C1)c1ccccc1. The lowest BCUT2D eigenvalue weighted by atomic mass is 9.84. The molecule has 2 nitrogen and oxygen atoms in total. The largest absolute Gasteiger partial charge is 0.314 e. The Morgan fingerprint density at radius 3 is 2.00 bits per heavy atom. The predicted molar refractivity (Wildman–Crippen MR) is 195 cm³/mol. The molecule has 8 rings (SSSR count). The minimum Gasteiger partial charge on any atom is -0.314 e. The molecular weight excluding hydrogens is 556 g/mol. The van der Waals surface area contributed by atoms with Crippen LogP contribution in [0.2, 0.25) is 0 Å². The molecule has 0 heterocycles. The standard InChI is InChI=1S/C44H36N2/c1-3-17-37(18-4-1)45(43-23-11-15-35-13-7-9-21-41(35)43)39-29-25-33(26-30-39)34-27-31-40(32-28-34)46(38-19-5-2-6-20-38)44-24-12-16-36-14-8-10-22-42(36)44/h1-21,23-27,29-32,34,42H,22,28H2. The average Bonchev–Trinajstić information content (AvgIpc) is 3.14. The summed E-state index contributed by atoms with van der Waals surface area (Å²) >= 11 is 0. The number of rotatable bonds is 7. The third-order valence-corrected chi connectivity index (χ3v) is 9.32. The number of fused-ring (bicyclic) bond motifs is 2. The van der Waals surface area contributed by atoms with Crippen LogP contribution in [0.1, 0.15) is 24.3 Å². The zero-order valence-electron chi connectivity index (χ0n) is 25.8. The van der Waals surface area contributed by atoms with E-state index in [2.05, 4.69) is 192 Å². The third-order valence-electron chi connectivity index (χ3n) is 9.32. The molecule has 0 N–H and O–H groups in total. The zero-order valence-corrected chi connectivity index (χ0v) is 25.8. The van der Waals surface area contributed by atoms with Gasteiger partial charge in [-0.15, -0.1) is 0 Å². The predicted octanol–water partition coefficient (Wildman–Crippen LogP) is 11.7. The number of allylic oxidation sites excluding steroid dienone is 10. The van der Waals surface area contributed by atoms with Crippen LogP contribution in [0, 0.1) is 5.92 Å². The zero-order chi connectivity index (χ0) is 30.7. The van der Waals surface area contributed by atoms with E-state index in [9.17, 15) is 0 Å². The number of para-hydroxylation sites is 2. The number of anilines is 4. The van der Waals surface area contributed by atoms with Crippen molar-refractivity contribution in [1.29, 1.82) is 0 Å². The second-order valence-electron chi connectivity index (χ2n) is 12.1. The molecule has 5 aromatic carbocycles. The highest BCUT2D eigenvalue weighted by Gasteiger charge is 2.28. The summed E-state index contributed by atoms with van der Waals surface area (Å²) in [7, 11) is 0. The van der Waals surface area contributed by atoms with E-state index in [0.29, 0.717) is 11.8 Å². The smallest absolute Gasteiger partial charge is 0.0540 e. The van der Waals surface area contributed by atoms with Gasteiger partial charge in [0.05, 0.1) is 5.69 Å². The van der Waals surface area contributed by atoms with Crippen molar-refractivity contribution in [2.24, 2.45) is 5.92 Å². The van der Waals surface area contributed by atoms with E-state index >= 15 is 0 Å². The first-order valence-corrected chi connectivity index (χ1v) is 16.2. The van der Waals surface area contributed by atoms with E-state index in [1.165, 1.54) is 44.7 Å². The van der Waals surface area contributed by atoms with Crippen molar-refractivity contribution in [3.63, 3.8) is 0 Å². The monoisotopic (exact) mass is 592 g/mol. The van der Waals surface area contributed by atoms with Gasteiger partial charge in [-0.05, 0) is 84.0 Å². The van der Waals surface area contributed by atoms with Gasteiger partial charge in [0, 0.05) is 45.7 Å². The van der Waals surface area contributed by atoms with Crippen LogP contribution in [0.3, 0.4) is 0 Å². The molecule has 0 spiro atoms. The number of hydrogen-bond donors (Lipinski definition) is 0. The van der Waals surface area contributed by atoms with Crippen LogP contribution in [0.4, 0.5) is 22.7 Å². The lowest BCUT2D eigenvalue weighted by molar-refractivity contribution is 0.700. The maximum atomic E-state index is 2.46. The van der Waals surface area contributed by atoms with E-state index < -0.39 is 0 Å². The van der Waals surface area contributed by atoms with Crippen LogP contribution < -0.4 is 9.80 Å². The molecule has 0 amide bonds. The van der Waals surface area contributed by atoms with Crippen molar-refractivity contribution < 1.29 is 0 Å². The number of hydrogen-bond acceptors (Lipinski definition) is 2. The molecule has 2 heteroatoms. The van der Waals surface area contributed by atoms with E-state index in [0.717, 1.165) is 24.2 Å². The van der Waals surface area contributed by atoms with Crippen molar-refractivity contribution in [1.82, 2.24) is 0 Å². The minimum absolute atomic E-state index is 0.325. The molecule has 0 saturated heterocycles. The molecule has 0 aliphatic heterocycles. The highest BCUT2D eigenvalue weighted by Crippen LogP contribution is 2.42. The Kier molecular flexibility index (Phi) is 7.54. The fourth-order valence-electron chi connectivity index (χ4n) is 7.04. The Hall–Kier alpha value is -5.60. The summed E-state index contributed by atoms with van der Waals surface area (Å²) in [5.41, 5.74) is 9.96. The van der Waals surface area contributed by atoms with Crippen molar-refractivity contribution in [2.45, 2.75) is 18.8 Å². The van der Waals surface area contributed by atoms with Crippen LogP contribution in [-0.4, -0.2) is 0 Å². The normalized spacial score (nSPS) is 18.4. The molecule has 0 saturated carbocycles. The lowest BCUT2D eigenvalue weighted by Gasteiger charge is -2.37. The highest BCUT2D eigenvalue weighted by molar-refractivity contribution is 5.98. The van der Waals surface area contributed by atoms with Gasteiger partial charge in [0.2, 0.25) is 0 Å². The molecule has 46 heavy (non-hydrogen) atoms. The van der Waals surface area contributed by atoms with Crippen molar-refractivity contribution in [3.8, 4) is 0 Å². The molecule has 0 radical (unpaired) electrons. The third kappa shape index (κ3) is 5.33. The summed E-state index contributed by atoms with van der Waals surface area (Å²) in [6.45, 7) is 0. The summed E-state index contributed by atoms with van der Waals surface area (Å²) < 4.78 is 0. The Labute approximate surface area is 271 Å². The van der Waals surface area contributed by atoms with Gasteiger partial charge in [0.15, 0.2) is 0 Å². The van der Waals surface area contributed by atoms with Crippen molar-refractivity contribution in [2.75, 3.05) is 9.80 Å². The van der Waals surface area contributed by atoms with Gasteiger partial charge in [0.1, 0.15) is 0 Å². The summed E-state index contributed by atoms with van der Waals surface area (Å²) in [4.78, 5) is 4.83. The maximum Gasteiger partial charge on any atom is 0.0540 e. The van der Waals surface area contributed by atoms with Gasteiger partial charge in [-0.3, -0.25) is 0 Å². The molecule has 2 atom stereocenters. The molecule has 3 aliphatic carbocycles. The van der Waals surface area contributed by atoms with E-state index in [1.807, 2.05) is 0 Å². The first-order valence-electron chi connectivity index (χ1n) is 16.2. The van der Waals surface area contributed by atoms with Gasteiger partial charge in [-0.1, -0.05) is 127 Å². The summed E-state index contributed by atoms with van der Waals surface area (Å²) in [5, 5.41) is 2.48. The fourth-order valence-corrected chi connectivity index (χ4v) is 7.04. The van der Waals surface area contributed by atoms with Gasteiger partial charge in [-0.25, -0.2) is 0 Å². The van der Waals surface area contributed by atoms with Crippen molar-refractivity contribution in [3.05, 3.63) is 205 Å². The summed E-state index contributed by atoms with van der Waals surface area (Å²) in [6.07, 6.45) is 22.6.